The molecule has 0 aliphatic rings. The Kier molecular flexibility index (Phi) is 35.0. The summed E-state index contributed by atoms with van der Waals surface area (Å²) >= 11 is 0. The van der Waals surface area contributed by atoms with Crippen LogP contribution in [0.1, 0.15) is 58.8 Å². The largest absolute Gasteiger partial charge is 0.322 e. The third-order valence-electron chi connectivity index (χ3n) is 1.96. The van der Waals surface area contributed by atoms with E-state index >= 15 is 0 Å². The first-order chi connectivity index (χ1) is 9.24. The number of nitrogens with one attached hydrogen (secondary N) is 2. The highest BCUT2D eigenvalue weighted by Gasteiger charge is 1.85. The van der Waals surface area contributed by atoms with Gasteiger partial charge in [-0.25, -0.2) is 11.1 Å². The van der Waals surface area contributed by atoms with Crippen molar-refractivity contribution in [3.63, 3.8) is 0 Å². The monoisotopic (exact) mass is 272 g/mol. The van der Waals surface area contributed by atoms with Crippen molar-refractivity contribution in [2.45, 2.75) is 58.8 Å². The molecule has 0 aromatic rings. The normalized spacial score (nSPS) is 9.37. The summed E-state index contributed by atoms with van der Waals surface area (Å²) in [5, 5.41) is 11.1. The average molecular weight is 272 g/mol. The lowest BCUT2D eigenvalue weighted by Crippen LogP contribution is -1.76. The van der Waals surface area contributed by atoms with Crippen molar-refractivity contribution in [3.05, 3.63) is 0 Å². The molecule has 0 aromatic carbocycles. The van der Waals surface area contributed by atoms with Crippen LogP contribution >= 0.6 is 0 Å². The first kappa shape index (κ1) is 22.3. The van der Waals surface area contributed by atoms with Crippen LogP contribution in [-0.4, -0.2) is 12.7 Å². The van der Waals surface area contributed by atoms with E-state index in [1.54, 1.807) is 0 Å². The Bertz CT molecular complexity index is 193. The van der Waals surface area contributed by atoms with E-state index in [1.807, 2.05) is 0 Å². The smallest absolute Gasteiger partial charge is 0.156 e. The maximum atomic E-state index is 6.00. The van der Waals surface area contributed by atoms with E-state index in [2.05, 4.69) is 46.0 Å². The average Bonchev–Trinajstić information content (AvgIpc) is 2.42. The molecule has 0 rings (SSSR count). The molecule has 0 aromatic heterocycles. The molecule has 0 aliphatic heterocycles. The quantitative estimate of drug-likeness (QED) is 0.133. The molecule has 19 heavy (non-hydrogen) atoms. The number of nitrogens with two attached hydrogens (primary N) is 2. The van der Waals surface area contributed by atoms with Crippen molar-refractivity contribution in [1.29, 1.82) is 11.1 Å². The number of rotatable bonds is 8. The third kappa shape index (κ3) is 48.7. The van der Waals surface area contributed by atoms with Gasteiger partial charge in [-0.05, 0) is 0 Å². The topological polar surface area (TPSA) is 149 Å². The van der Waals surface area contributed by atoms with Crippen molar-refractivity contribution in [2.24, 2.45) is 32.1 Å². The van der Waals surface area contributed by atoms with Crippen molar-refractivity contribution in [2.75, 3.05) is 0 Å². The standard InChI is InChI=1S/C9H20.2CH4N4/c1-3-5-7-9-8-6-4-2;2*2-4-1-5-3/h3-9H2,1-2H3;2*1-2H,3H2. The molecule has 112 valence electrons. The fraction of sp³-hybridized carbons (Fsp3) is 0.818. The highest BCUT2D eigenvalue weighted by molar-refractivity contribution is 5.53. The van der Waals surface area contributed by atoms with Crippen molar-refractivity contribution >= 4 is 12.7 Å². The van der Waals surface area contributed by atoms with E-state index < -0.39 is 0 Å². The summed E-state index contributed by atoms with van der Waals surface area (Å²) < 4.78 is 0. The number of hydrazone groups is 2. The Morgan fingerprint density at radius 2 is 1.05 bits per heavy atom. The van der Waals surface area contributed by atoms with Crippen molar-refractivity contribution < 1.29 is 0 Å². The third-order valence-corrected chi connectivity index (χ3v) is 1.96. The van der Waals surface area contributed by atoms with E-state index in [9.17, 15) is 0 Å². The van der Waals surface area contributed by atoms with Crippen LogP contribution in [0.15, 0.2) is 20.4 Å². The molecule has 0 atom stereocenters. The van der Waals surface area contributed by atoms with E-state index in [-0.39, 0.29) is 0 Å². The molecule has 0 amide bonds. The maximum absolute atomic E-state index is 6.00. The number of hydrogen-bond donors (Lipinski definition) is 4. The Hall–Kier alpha value is -1.86. The Morgan fingerprint density at radius 3 is 1.21 bits per heavy atom. The van der Waals surface area contributed by atoms with Gasteiger partial charge in [0.05, 0.1) is 0 Å². The first-order valence-corrected chi connectivity index (χ1v) is 6.41. The summed E-state index contributed by atoms with van der Waals surface area (Å²) in [6, 6.07) is 0. The second-order valence-electron chi connectivity index (χ2n) is 3.56. The molecular formula is C11H28N8. The summed E-state index contributed by atoms with van der Waals surface area (Å²) in [6.45, 7) is 4.53. The lowest BCUT2D eigenvalue weighted by molar-refractivity contribution is 0.602. The van der Waals surface area contributed by atoms with E-state index in [0.29, 0.717) is 0 Å². The number of unbranched alkanes of at least 4 members (excludes halogenated alkanes) is 6. The van der Waals surface area contributed by atoms with Gasteiger partial charge in [-0.1, -0.05) is 58.8 Å². The highest BCUT2D eigenvalue weighted by atomic mass is 15.2. The van der Waals surface area contributed by atoms with Gasteiger partial charge in [0.2, 0.25) is 0 Å². The number of hydrogen-bond acceptors (Lipinski definition) is 6. The Balaban J connectivity index is -0.000000219. The van der Waals surface area contributed by atoms with Gasteiger partial charge in [0, 0.05) is 0 Å². The van der Waals surface area contributed by atoms with Gasteiger partial charge < -0.3 is 11.7 Å². The summed E-state index contributed by atoms with van der Waals surface area (Å²) in [6.07, 6.45) is 11.9. The molecule has 0 spiro atoms. The molecule has 0 bridgehead atoms. The van der Waals surface area contributed by atoms with Crippen molar-refractivity contribution in [3.8, 4) is 0 Å². The van der Waals surface area contributed by atoms with Gasteiger partial charge >= 0.3 is 0 Å². The minimum absolute atomic E-state index is 0.944. The molecule has 8 nitrogen and oxygen atoms in total. The SMILES string of the molecule is CCCCCCCCC.N=NC=NN.N=NC=NN. The van der Waals surface area contributed by atoms with Gasteiger partial charge in [0.25, 0.3) is 0 Å². The Labute approximate surface area is 115 Å². The molecule has 0 fully saturated rings. The Morgan fingerprint density at radius 1 is 0.737 bits per heavy atom. The zero-order chi connectivity index (χ0) is 15.2. The minimum atomic E-state index is 0.944. The van der Waals surface area contributed by atoms with Gasteiger partial charge in [0.1, 0.15) is 0 Å². The minimum Gasteiger partial charge on any atom is -0.322 e. The van der Waals surface area contributed by atoms with Gasteiger partial charge in [0.15, 0.2) is 12.7 Å². The molecule has 8 heteroatoms. The molecule has 0 aliphatic carbocycles. The second kappa shape index (κ2) is 29.8. The van der Waals surface area contributed by atoms with Crippen LogP contribution in [0.4, 0.5) is 0 Å². The van der Waals surface area contributed by atoms with Crippen LogP contribution in [0, 0.1) is 11.1 Å². The fourth-order valence-corrected chi connectivity index (χ4v) is 1.10. The zero-order valence-corrected chi connectivity index (χ0v) is 12.0. The van der Waals surface area contributed by atoms with Crippen molar-refractivity contribution in [1.82, 2.24) is 0 Å². The summed E-state index contributed by atoms with van der Waals surface area (Å²) in [5.41, 5.74) is 12.0. The van der Waals surface area contributed by atoms with Crippen LogP contribution in [0.2, 0.25) is 0 Å². The molecule has 0 unspecified atom stereocenters. The van der Waals surface area contributed by atoms with Gasteiger partial charge in [-0.2, -0.15) is 10.2 Å². The van der Waals surface area contributed by atoms with E-state index in [1.165, 1.54) is 44.9 Å². The van der Waals surface area contributed by atoms with Crippen LogP contribution < -0.4 is 11.7 Å². The lowest BCUT2D eigenvalue weighted by Gasteiger charge is -1.96. The molecule has 0 saturated carbocycles. The molecule has 0 radical (unpaired) electrons. The fourth-order valence-electron chi connectivity index (χ4n) is 1.10. The lowest BCUT2D eigenvalue weighted by atomic mass is 10.1. The second-order valence-corrected chi connectivity index (χ2v) is 3.56. The van der Waals surface area contributed by atoms with Crippen LogP contribution in [0.5, 0.6) is 0 Å². The van der Waals surface area contributed by atoms with Gasteiger partial charge in [-0.15, -0.1) is 10.2 Å². The molecule has 0 heterocycles. The molecular weight excluding hydrogens is 244 g/mol. The van der Waals surface area contributed by atoms with E-state index in [0.717, 1.165) is 12.7 Å². The predicted molar refractivity (Wildman–Crippen MR) is 79.3 cm³/mol. The maximum Gasteiger partial charge on any atom is 0.156 e. The van der Waals surface area contributed by atoms with Gasteiger partial charge in [-0.3, -0.25) is 0 Å². The van der Waals surface area contributed by atoms with Crippen LogP contribution in [0.3, 0.4) is 0 Å². The van der Waals surface area contributed by atoms with E-state index in [4.69, 9.17) is 11.1 Å². The summed E-state index contributed by atoms with van der Waals surface area (Å²) in [5.74, 6) is 8.99. The first-order valence-electron chi connectivity index (χ1n) is 6.41. The predicted octanol–water partition coefficient (Wildman–Crippen LogP) is 3.60. The number of nitrogens with zero attached hydrogens (tertiary/aromatic N) is 4. The van der Waals surface area contributed by atoms with Crippen LogP contribution in [0.25, 0.3) is 0 Å². The van der Waals surface area contributed by atoms with Crippen LogP contribution in [-0.2, 0) is 0 Å². The zero-order valence-electron chi connectivity index (χ0n) is 12.0. The summed E-state index contributed by atoms with van der Waals surface area (Å²) in [7, 11) is 0. The highest BCUT2D eigenvalue weighted by Crippen LogP contribution is 2.05. The summed E-state index contributed by atoms with van der Waals surface area (Å²) in [4.78, 5) is 0. The molecule has 6 N–H and O–H groups in total. The molecule has 0 saturated heterocycles.